The van der Waals surface area contributed by atoms with Gasteiger partial charge in [0.25, 0.3) is 0 Å². The van der Waals surface area contributed by atoms with Crippen LogP contribution >= 0.6 is 0 Å². The van der Waals surface area contributed by atoms with E-state index in [4.69, 9.17) is 0 Å². The van der Waals surface area contributed by atoms with Gasteiger partial charge in [-0.3, -0.25) is 0 Å². The van der Waals surface area contributed by atoms with Gasteiger partial charge in [0.15, 0.2) is 0 Å². The predicted octanol–water partition coefficient (Wildman–Crippen LogP) is 8.77. The molecule has 2 heteroatoms. The minimum atomic E-state index is 1.29. The summed E-state index contributed by atoms with van der Waals surface area (Å²) in [6.45, 7) is 0. The molecular weight excluding hydrogens is 436 g/mol. The van der Waals surface area contributed by atoms with Crippen molar-refractivity contribution in [1.29, 1.82) is 0 Å². The Morgan fingerprint density at radius 2 is 0.750 bits per heavy atom. The summed E-state index contributed by atoms with van der Waals surface area (Å²) < 4.78 is 0. The predicted molar refractivity (Wildman–Crippen MR) is 160 cm³/mol. The Labute approximate surface area is 209 Å². The number of fused-ring (bicyclic) bond motifs is 4. The molecule has 172 valence electrons. The van der Waals surface area contributed by atoms with E-state index in [-0.39, 0.29) is 0 Å². The Bertz CT molecular complexity index is 1990. The van der Waals surface area contributed by atoms with E-state index in [0.717, 1.165) is 0 Å². The zero-order chi connectivity index (χ0) is 24.3. The normalized spacial score (nSPS) is 12.4. The molecule has 0 amide bonds. The van der Waals surface area contributed by atoms with Gasteiger partial charge in [-0.1, -0.05) is 72.8 Å². The maximum atomic E-state index is 2.41. The van der Waals surface area contributed by atoms with Crippen LogP contribution in [0.2, 0.25) is 0 Å². The molecule has 0 bridgehead atoms. The number of benzene rings is 8. The molecule has 2 nitrogen and oxygen atoms in total. The average Bonchev–Trinajstić information content (AvgIpc) is 2.88. The standard InChI is InChI=1S/C34H26N2/c1-35(2)33-25-15-13-24-22-12-8-6-10-20(22)18-28-30(24)31(25)32-26(34(28)36(3)4)16-14-23-21-11-7-5-9-19(21)17-27(33)29(23)32/h5-18H,1-4H3. The first-order chi connectivity index (χ1) is 17.5. The van der Waals surface area contributed by atoms with Gasteiger partial charge in [-0.05, 0) is 44.5 Å². The van der Waals surface area contributed by atoms with Crippen molar-refractivity contribution in [1.82, 2.24) is 0 Å². The van der Waals surface area contributed by atoms with Crippen molar-refractivity contribution in [2.75, 3.05) is 38.0 Å². The van der Waals surface area contributed by atoms with Gasteiger partial charge in [0, 0.05) is 71.3 Å². The van der Waals surface area contributed by atoms with Crippen LogP contribution in [0.4, 0.5) is 11.4 Å². The molecule has 0 heterocycles. The summed E-state index contributed by atoms with van der Waals surface area (Å²) in [4.78, 5) is 4.62. The van der Waals surface area contributed by atoms with E-state index in [9.17, 15) is 0 Å². The summed E-state index contributed by atoms with van der Waals surface area (Å²) in [5, 5.41) is 18.8. The minimum Gasteiger partial charge on any atom is -0.377 e. The molecule has 0 radical (unpaired) electrons. The first kappa shape index (κ1) is 19.9. The number of nitrogens with zero attached hydrogens (tertiary/aromatic N) is 2. The van der Waals surface area contributed by atoms with E-state index in [1.54, 1.807) is 0 Å². The fourth-order valence-electron chi connectivity index (χ4n) is 6.95. The first-order valence-corrected chi connectivity index (χ1v) is 12.6. The monoisotopic (exact) mass is 462 g/mol. The van der Waals surface area contributed by atoms with Gasteiger partial charge in [0.05, 0.1) is 11.4 Å². The van der Waals surface area contributed by atoms with Crippen LogP contribution in [0.25, 0.3) is 75.4 Å². The van der Waals surface area contributed by atoms with Gasteiger partial charge >= 0.3 is 0 Å². The van der Waals surface area contributed by atoms with Crippen LogP contribution < -0.4 is 9.80 Å². The molecule has 0 saturated carbocycles. The van der Waals surface area contributed by atoms with Crippen LogP contribution in [-0.4, -0.2) is 28.2 Å². The highest BCUT2D eigenvalue weighted by Crippen LogP contribution is 2.53. The minimum absolute atomic E-state index is 1.29. The molecule has 0 unspecified atom stereocenters. The van der Waals surface area contributed by atoms with Gasteiger partial charge in [0.1, 0.15) is 0 Å². The Hall–Kier alpha value is -4.30. The second-order valence-electron chi connectivity index (χ2n) is 10.6. The van der Waals surface area contributed by atoms with Gasteiger partial charge in [-0.15, -0.1) is 0 Å². The van der Waals surface area contributed by atoms with E-state index < -0.39 is 0 Å². The molecule has 0 N–H and O–H groups in total. The SMILES string of the molecule is CN(C)c1c2cc3ccccc3c3ccc4c(N(C)C)c5cc6ccccc6c6ccc1c(c56)c4c23. The molecule has 0 aromatic heterocycles. The van der Waals surface area contributed by atoms with Gasteiger partial charge < -0.3 is 9.80 Å². The molecule has 8 rings (SSSR count). The van der Waals surface area contributed by atoms with E-state index >= 15 is 0 Å². The molecule has 0 aliphatic heterocycles. The molecule has 36 heavy (non-hydrogen) atoms. The first-order valence-electron chi connectivity index (χ1n) is 12.6. The summed E-state index contributed by atoms with van der Waals surface area (Å²) in [6, 6.07) is 31.9. The highest BCUT2D eigenvalue weighted by atomic mass is 15.1. The van der Waals surface area contributed by atoms with Crippen LogP contribution in [-0.2, 0) is 0 Å². The van der Waals surface area contributed by atoms with Gasteiger partial charge in [-0.25, -0.2) is 0 Å². The van der Waals surface area contributed by atoms with E-state index in [1.807, 2.05) is 0 Å². The number of rotatable bonds is 2. The lowest BCUT2D eigenvalue weighted by molar-refractivity contribution is 1.15. The fourth-order valence-corrected chi connectivity index (χ4v) is 6.95. The third kappa shape index (κ3) is 2.27. The molecule has 8 aromatic rings. The molecule has 0 spiro atoms. The van der Waals surface area contributed by atoms with E-state index in [0.29, 0.717) is 0 Å². The second-order valence-corrected chi connectivity index (χ2v) is 10.6. The summed E-state index contributed by atoms with van der Waals surface area (Å²) in [5.41, 5.74) is 2.61. The number of anilines is 2. The van der Waals surface area contributed by atoms with Crippen molar-refractivity contribution in [3.05, 3.63) is 84.9 Å². The van der Waals surface area contributed by atoms with E-state index in [2.05, 4.69) is 123 Å². The summed E-state index contributed by atoms with van der Waals surface area (Å²) in [7, 11) is 8.74. The van der Waals surface area contributed by atoms with Crippen molar-refractivity contribution < 1.29 is 0 Å². The van der Waals surface area contributed by atoms with Gasteiger partial charge in [0.2, 0.25) is 0 Å². The van der Waals surface area contributed by atoms with Crippen LogP contribution in [0.3, 0.4) is 0 Å². The van der Waals surface area contributed by atoms with Gasteiger partial charge in [-0.2, -0.15) is 0 Å². The van der Waals surface area contributed by atoms with Crippen molar-refractivity contribution >= 4 is 86.8 Å². The zero-order valence-electron chi connectivity index (χ0n) is 21.0. The van der Waals surface area contributed by atoms with E-state index in [1.165, 1.54) is 86.8 Å². The average molecular weight is 463 g/mol. The Kier molecular flexibility index (Phi) is 3.70. The van der Waals surface area contributed by atoms with Crippen LogP contribution in [0, 0.1) is 0 Å². The maximum absolute atomic E-state index is 2.41. The molecule has 0 atom stereocenters. The Balaban J connectivity index is 1.81. The van der Waals surface area contributed by atoms with Crippen molar-refractivity contribution in [2.24, 2.45) is 0 Å². The summed E-state index contributed by atoms with van der Waals surface area (Å²) in [5.74, 6) is 0. The number of hydrogen-bond donors (Lipinski definition) is 0. The molecule has 0 aliphatic rings. The summed E-state index contributed by atoms with van der Waals surface area (Å²) >= 11 is 0. The quantitative estimate of drug-likeness (QED) is 0.187. The molecule has 0 aliphatic carbocycles. The third-order valence-electron chi connectivity index (χ3n) is 8.22. The van der Waals surface area contributed by atoms with Crippen LogP contribution in [0.5, 0.6) is 0 Å². The van der Waals surface area contributed by atoms with Crippen LogP contribution in [0.1, 0.15) is 0 Å². The van der Waals surface area contributed by atoms with Crippen molar-refractivity contribution in [3.8, 4) is 0 Å². The van der Waals surface area contributed by atoms with Crippen LogP contribution in [0.15, 0.2) is 84.9 Å². The molecule has 0 saturated heterocycles. The van der Waals surface area contributed by atoms with Crippen molar-refractivity contribution in [2.45, 2.75) is 0 Å². The fraction of sp³-hybridized carbons (Fsp3) is 0.118. The lowest BCUT2D eigenvalue weighted by Gasteiger charge is -2.28. The highest BCUT2D eigenvalue weighted by molar-refractivity contribution is 6.45. The Morgan fingerprint density at radius 3 is 1.17 bits per heavy atom. The lowest BCUT2D eigenvalue weighted by Crippen LogP contribution is -2.12. The topological polar surface area (TPSA) is 6.48 Å². The molecule has 0 fully saturated rings. The summed E-state index contributed by atoms with van der Waals surface area (Å²) in [6.07, 6.45) is 0. The molecule has 8 aromatic carbocycles. The third-order valence-corrected chi connectivity index (χ3v) is 8.22. The maximum Gasteiger partial charge on any atom is 0.0521 e. The highest BCUT2D eigenvalue weighted by Gasteiger charge is 2.25. The smallest absolute Gasteiger partial charge is 0.0521 e. The van der Waals surface area contributed by atoms with Crippen molar-refractivity contribution in [3.63, 3.8) is 0 Å². The lowest BCUT2D eigenvalue weighted by atomic mass is 9.82. The molecular formula is C34H26N2. The largest absolute Gasteiger partial charge is 0.377 e. The number of hydrogen-bond acceptors (Lipinski definition) is 2. The zero-order valence-corrected chi connectivity index (χ0v) is 21.0. The second kappa shape index (κ2) is 6.67. The Morgan fingerprint density at radius 1 is 0.361 bits per heavy atom.